The van der Waals surface area contributed by atoms with E-state index >= 15 is 0 Å². The summed E-state index contributed by atoms with van der Waals surface area (Å²) in [6, 6.07) is 7.93. The Hall–Kier alpha value is -2.37. The molecule has 1 aliphatic heterocycles. The van der Waals surface area contributed by atoms with Crippen LogP contribution in [0.1, 0.15) is 36.5 Å². The number of nitrogens with one attached hydrogen (secondary N) is 1. The van der Waals surface area contributed by atoms with Crippen LogP contribution in [0.2, 0.25) is 0 Å². The van der Waals surface area contributed by atoms with E-state index in [2.05, 4.69) is 15.2 Å². The van der Waals surface area contributed by atoms with Crippen LogP contribution in [0.5, 0.6) is 5.75 Å². The summed E-state index contributed by atoms with van der Waals surface area (Å²) < 4.78 is 5.16. The third-order valence-corrected chi connectivity index (χ3v) is 4.87. The van der Waals surface area contributed by atoms with Gasteiger partial charge in [0.1, 0.15) is 11.6 Å². The molecule has 0 spiro atoms. The van der Waals surface area contributed by atoms with Gasteiger partial charge in [-0.25, -0.2) is 4.98 Å². The summed E-state index contributed by atoms with van der Waals surface area (Å²) in [5.74, 6) is 3.42. The first-order chi connectivity index (χ1) is 12.1. The molecule has 1 aromatic carbocycles. The monoisotopic (exact) mass is 342 g/mol. The number of ether oxygens (including phenoxy) is 1. The molecule has 2 heterocycles. The van der Waals surface area contributed by atoms with E-state index in [9.17, 15) is 4.79 Å². The lowest BCUT2D eigenvalue weighted by molar-refractivity contribution is -0.132. The largest absolute Gasteiger partial charge is 0.497 e. The zero-order chi connectivity index (χ0) is 17.6. The van der Waals surface area contributed by atoms with Crippen molar-refractivity contribution in [2.24, 2.45) is 5.92 Å². The average molecular weight is 342 g/mol. The fourth-order valence-corrected chi connectivity index (χ4v) is 3.33. The smallest absolute Gasteiger partial charge is 0.222 e. The number of rotatable bonds is 6. The summed E-state index contributed by atoms with van der Waals surface area (Å²) in [5.41, 5.74) is 1.17. The maximum atomic E-state index is 12.4. The summed E-state index contributed by atoms with van der Waals surface area (Å²) in [6.07, 6.45) is 4.30. The van der Waals surface area contributed by atoms with Crippen LogP contribution in [0.15, 0.2) is 24.3 Å². The standard InChI is InChI=1S/C19H26N4O2/c1-14-20-18(22-21-14)13-16-9-11-23(12-10-16)19(24)8-5-15-3-6-17(25-2)7-4-15/h3-4,6-7,16H,5,8-13H2,1-2H3,(H,20,21,22). The van der Waals surface area contributed by atoms with Gasteiger partial charge in [-0.3, -0.25) is 9.89 Å². The number of methoxy groups -OCH3 is 1. The Kier molecular flexibility index (Phi) is 5.68. The van der Waals surface area contributed by atoms with Crippen molar-refractivity contribution in [3.63, 3.8) is 0 Å². The molecule has 0 unspecified atom stereocenters. The Morgan fingerprint density at radius 3 is 2.60 bits per heavy atom. The number of likely N-dealkylation sites (tertiary alicyclic amines) is 1. The van der Waals surface area contributed by atoms with Gasteiger partial charge in [0.2, 0.25) is 5.91 Å². The highest BCUT2D eigenvalue weighted by Gasteiger charge is 2.23. The molecule has 0 radical (unpaired) electrons. The van der Waals surface area contributed by atoms with Crippen molar-refractivity contribution in [2.75, 3.05) is 20.2 Å². The van der Waals surface area contributed by atoms with Gasteiger partial charge in [0.05, 0.1) is 7.11 Å². The van der Waals surface area contributed by atoms with Crippen molar-refractivity contribution in [2.45, 2.75) is 39.0 Å². The topological polar surface area (TPSA) is 71.1 Å². The lowest BCUT2D eigenvalue weighted by Crippen LogP contribution is -2.39. The van der Waals surface area contributed by atoms with E-state index in [-0.39, 0.29) is 5.91 Å². The van der Waals surface area contributed by atoms with Crippen LogP contribution >= 0.6 is 0 Å². The van der Waals surface area contributed by atoms with Crippen LogP contribution in [0, 0.1) is 12.8 Å². The van der Waals surface area contributed by atoms with Crippen molar-refractivity contribution < 1.29 is 9.53 Å². The Morgan fingerprint density at radius 2 is 2.00 bits per heavy atom. The first kappa shape index (κ1) is 17.5. The van der Waals surface area contributed by atoms with Gasteiger partial charge in [-0.15, -0.1) is 0 Å². The number of aromatic nitrogens is 3. The van der Waals surface area contributed by atoms with Crippen LogP contribution in [0.25, 0.3) is 0 Å². The number of aryl methyl sites for hydroxylation is 2. The number of carbonyl (C=O) groups is 1. The molecular formula is C19H26N4O2. The summed E-state index contributed by atoms with van der Waals surface area (Å²) in [5, 5.41) is 7.10. The van der Waals surface area contributed by atoms with Crippen LogP contribution in [0.3, 0.4) is 0 Å². The molecule has 1 amide bonds. The van der Waals surface area contributed by atoms with Gasteiger partial charge in [0.15, 0.2) is 5.82 Å². The van der Waals surface area contributed by atoms with Gasteiger partial charge < -0.3 is 9.64 Å². The first-order valence-electron chi connectivity index (χ1n) is 8.92. The van der Waals surface area contributed by atoms with E-state index in [1.807, 2.05) is 36.1 Å². The predicted molar refractivity (Wildman–Crippen MR) is 95.4 cm³/mol. The summed E-state index contributed by atoms with van der Waals surface area (Å²) in [7, 11) is 1.66. The van der Waals surface area contributed by atoms with Crippen molar-refractivity contribution >= 4 is 5.91 Å². The van der Waals surface area contributed by atoms with Crippen molar-refractivity contribution in [3.05, 3.63) is 41.5 Å². The number of benzene rings is 1. The highest BCUT2D eigenvalue weighted by atomic mass is 16.5. The van der Waals surface area contributed by atoms with E-state index in [0.717, 1.165) is 56.2 Å². The molecule has 1 aliphatic rings. The van der Waals surface area contributed by atoms with E-state index < -0.39 is 0 Å². The third-order valence-electron chi connectivity index (χ3n) is 4.87. The SMILES string of the molecule is COc1ccc(CCC(=O)N2CCC(Cc3n[nH]c(C)n3)CC2)cc1. The van der Waals surface area contributed by atoms with Crippen molar-refractivity contribution in [1.82, 2.24) is 20.1 Å². The van der Waals surface area contributed by atoms with Crippen molar-refractivity contribution in [3.8, 4) is 5.75 Å². The van der Waals surface area contributed by atoms with E-state index in [1.165, 1.54) is 5.56 Å². The summed E-state index contributed by atoms with van der Waals surface area (Å²) in [4.78, 5) is 18.8. The predicted octanol–water partition coefficient (Wildman–Crippen LogP) is 2.54. The van der Waals surface area contributed by atoms with E-state index in [1.54, 1.807) is 7.11 Å². The minimum Gasteiger partial charge on any atom is -0.497 e. The Balaban J connectivity index is 1.41. The molecular weight excluding hydrogens is 316 g/mol. The average Bonchev–Trinajstić information content (AvgIpc) is 3.05. The normalized spacial score (nSPS) is 15.4. The maximum Gasteiger partial charge on any atom is 0.222 e. The molecule has 1 N–H and O–H groups in total. The fraction of sp³-hybridized carbons (Fsp3) is 0.526. The van der Waals surface area contributed by atoms with Crippen LogP contribution in [-0.2, 0) is 17.6 Å². The molecule has 0 bridgehead atoms. The molecule has 0 aliphatic carbocycles. The van der Waals surface area contributed by atoms with Gasteiger partial charge >= 0.3 is 0 Å². The molecule has 0 saturated carbocycles. The molecule has 3 rings (SSSR count). The number of nitrogens with zero attached hydrogens (tertiary/aromatic N) is 3. The Labute approximate surface area is 148 Å². The van der Waals surface area contributed by atoms with Gasteiger partial charge in [0, 0.05) is 25.9 Å². The molecule has 1 fully saturated rings. The Bertz CT molecular complexity index is 688. The molecule has 6 nitrogen and oxygen atoms in total. The van der Waals surface area contributed by atoms with Gasteiger partial charge in [0.25, 0.3) is 0 Å². The minimum atomic E-state index is 0.253. The second kappa shape index (κ2) is 8.14. The maximum absolute atomic E-state index is 12.4. The highest BCUT2D eigenvalue weighted by molar-refractivity contribution is 5.76. The number of carbonyl (C=O) groups excluding carboxylic acids is 1. The number of amides is 1. The quantitative estimate of drug-likeness (QED) is 0.876. The lowest BCUT2D eigenvalue weighted by atomic mass is 9.93. The molecule has 1 aromatic heterocycles. The zero-order valence-electron chi connectivity index (χ0n) is 15.0. The number of piperidine rings is 1. The highest BCUT2D eigenvalue weighted by Crippen LogP contribution is 2.21. The van der Waals surface area contributed by atoms with Crippen LogP contribution < -0.4 is 4.74 Å². The molecule has 25 heavy (non-hydrogen) atoms. The number of hydrogen-bond donors (Lipinski definition) is 1. The summed E-state index contributed by atoms with van der Waals surface area (Å²) >= 11 is 0. The molecule has 0 atom stereocenters. The Morgan fingerprint density at radius 1 is 1.28 bits per heavy atom. The molecule has 134 valence electrons. The van der Waals surface area contributed by atoms with E-state index in [0.29, 0.717) is 12.3 Å². The number of aromatic amines is 1. The second-order valence-corrected chi connectivity index (χ2v) is 6.71. The second-order valence-electron chi connectivity index (χ2n) is 6.71. The number of hydrogen-bond acceptors (Lipinski definition) is 4. The first-order valence-corrected chi connectivity index (χ1v) is 8.92. The lowest BCUT2D eigenvalue weighted by Gasteiger charge is -2.31. The van der Waals surface area contributed by atoms with Gasteiger partial charge in [-0.05, 0) is 49.8 Å². The van der Waals surface area contributed by atoms with Crippen LogP contribution in [-0.4, -0.2) is 46.2 Å². The van der Waals surface area contributed by atoms with Crippen LogP contribution in [0.4, 0.5) is 0 Å². The minimum absolute atomic E-state index is 0.253. The van der Waals surface area contributed by atoms with Gasteiger partial charge in [-0.1, -0.05) is 12.1 Å². The van der Waals surface area contributed by atoms with Crippen molar-refractivity contribution in [1.29, 1.82) is 0 Å². The van der Waals surface area contributed by atoms with Gasteiger partial charge in [-0.2, -0.15) is 5.10 Å². The fourth-order valence-electron chi connectivity index (χ4n) is 3.33. The molecule has 6 heteroatoms. The molecule has 1 saturated heterocycles. The van der Waals surface area contributed by atoms with E-state index in [4.69, 9.17) is 4.74 Å². The third kappa shape index (κ3) is 4.81. The summed E-state index contributed by atoms with van der Waals surface area (Å²) in [6.45, 7) is 3.60. The molecule has 2 aromatic rings. The zero-order valence-corrected chi connectivity index (χ0v) is 15.0. The number of H-pyrrole nitrogens is 1.